The summed E-state index contributed by atoms with van der Waals surface area (Å²) in [6.45, 7) is 6.39. The lowest BCUT2D eigenvalue weighted by molar-refractivity contribution is 0.287. The van der Waals surface area contributed by atoms with Crippen LogP contribution in [0.5, 0.6) is 6.01 Å². The van der Waals surface area contributed by atoms with Gasteiger partial charge in [0.25, 0.3) is 0 Å². The van der Waals surface area contributed by atoms with Crippen molar-refractivity contribution in [2.75, 3.05) is 32.0 Å². The number of fused-ring (bicyclic) bond motifs is 1. The fourth-order valence-electron chi connectivity index (χ4n) is 3.97. The zero-order chi connectivity index (χ0) is 20.1. The smallest absolute Gasteiger partial charge is 0.319 e. The number of benzene rings is 1. The highest BCUT2D eigenvalue weighted by molar-refractivity contribution is 5.87. The molecule has 0 bridgehead atoms. The number of aromatic nitrogens is 3. The van der Waals surface area contributed by atoms with Crippen molar-refractivity contribution in [3.05, 3.63) is 47.2 Å². The van der Waals surface area contributed by atoms with Gasteiger partial charge in [0.2, 0.25) is 0 Å². The molecule has 1 aliphatic heterocycles. The normalized spacial score (nSPS) is 14.7. The number of H-pyrrole nitrogens is 1. The van der Waals surface area contributed by atoms with Crippen molar-refractivity contribution < 1.29 is 4.74 Å². The molecule has 0 saturated carbocycles. The molecule has 154 valence electrons. The van der Waals surface area contributed by atoms with Gasteiger partial charge < -0.3 is 20.4 Å². The number of nitrogens with zero attached hydrogens (tertiary/aromatic N) is 3. The van der Waals surface area contributed by atoms with Crippen molar-refractivity contribution in [2.45, 2.75) is 45.4 Å². The quantitative estimate of drug-likeness (QED) is 0.538. The number of nitrogen functional groups attached to an aromatic ring is 1. The Kier molecular flexibility index (Phi) is 6.30. The average Bonchev–Trinajstić information content (AvgIpc) is 3.38. The highest BCUT2D eigenvalue weighted by atomic mass is 16.5. The van der Waals surface area contributed by atoms with Gasteiger partial charge in [-0.2, -0.15) is 9.97 Å². The third-order valence-electron chi connectivity index (χ3n) is 5.64. The summed E-state index contributed by atoms with van der Waals surface area (Å²) in [6, 6.07) is 9.25. The lowest BCUT2D eigenvalue weighted by Gasteiger charge is -2.14. The zero-order valence-corrected chi connectivity index (χ0v) is 17.3. The number of rotatable bonds is 9. The molecule has 1 saturated heterocycles. The van der Waals surface area contributed by atoms with Crippen LogP contribution < -0.4 is 10.5 Å². The van der Waals surface area contributed by atoms with Gasteiger partial charge in [-0.3, -0.25) is 0 Å². The first-order valence-corrected chi connectivity index (χ1v) is 10.8. The number of unbranched alkanes of at least 4 members (excludes halogenated alkanes) is 1. The number of aromatic amines is 1. The van der Waals surface area contributed by atoms with E-state index in [2.05, 4.69) is 51.0 Å². The van der Waals surface area contributed by atoms with Crippen LogP contribution in [0.2, 0.25) is 0 Å². The molecule has 29 heavy (non-hydrogen) atoms. The Hall–Kier alpha value is -2.60. The third-order valence-corrected chi connectivity index (χ3v) is 5.64. The van der Waals surface area contributed by atoms with Crippen LogP contribution in [0.4, 0.5) is 5.82 Å². The first-order chi connectivity index (χ1) is 14.2. The van der Waals surface area contributed by atoms with Gasteiger partial charge >= 0.3 is 6.01 Å². The van der Waals surface area contributed by atoms with E-state index in [1.807, 2.05) is 6.20 Å². The van der Waals surface area contributed by atoms with Gasteiger partial charge in [-0.1, -0.05) is 37.6 Å². The molecule has 6 heteroatoms. The maximum atomic E-state index is 6.12. The Balaban J connectivity index is 1.49. The summed E-state index contributed by atoms with van der Waals surface area (Å²) in [5.41, 5.74) is 11.6. The Bertz CT molecular complexity index is 946. The van der Waals surface area contributed by atoms with E-state index in [0.717, 1.165) is 48.8 Å². The molecule has 3 aromatic rings. The molecule has 1 aromatic carbocycles. The van der Waals surface area contributed by atoms with Crippen LogP contribution in [0.25, 0.3) is 11.0 Å². The minimum atomic E-state index is 0.365. The van der Waals surface area contributed by atoms with E-state index in [9.17, 15) is 0 Å². The molecule has 0 amide bonds. The first kappa shape index (κ1) is 19.7. The summed E-state index contributed by atoms with van der Waals surface area (Å²) in [5.74, 6) is 0.437. The van der Waals surface area contributed by atoms with Crippen molar-refractivity contribution in [1.29, 1.82) is 0 Å². The fourth-order valence-corrected chi connectivity index (χ4v) is 3.97. The van der Waals surface area contributed by atoms with Gasteiger partial charge in [0, 0.05) is 24.7 Å². The summed E-state index contributed by atoms with van der Waals surface area (Å²) in [7, 11) is 0. The van der Waals surface area contributed by atoms with Crippen molar-refractivity contribution in [2.24, 2.45) is 0 Å². The lowest BCUT2D eigenvalue weighted by atomic mass is 10.0. The summed E-state index contributed by atoms with van der Waals surface area (Å²) in [6.07, 6.45) is 8.63. The number of ether oxygens (including phenoxy) is 1. The predicted molar refractivity (Wildman–Crippen MR) is 117 cm³/mol. The summed E-state index contributed by atoms with van der Waals surface area (Å²) >= 11 is 0. The number of likely N-dealkylation sites (tertiary alicyclic amines) is 1. The van der Waals surface area contributed by atoms with Crippen molar-refractivity contribution in [3.8, 4) is 6.01 Å². The van der Waals surface area contributed by atoms with E-state index in [0.29, 0.717) is 18.4 Å². The number of nitrogens with two attached hydrogens (primary N) is 1. The molecule has 0 unspecified atom stereocenters. The topological polar surface area (TPSA) is 80.1 Å². The van der Waals surface area contributed by atoms with Gasteiger partial charge in [0.1, 0.15) is 11.0 Å². The van der Waals surface area contributed by atoms with E-state index in [1.54, 1.807) is 0 Å². The van der Waals surface area contributed by atoms with E-state index >= 15 is 0 Å². The maximum absolute atomic E-state index is 6.12. The summed E-state index contributed by atoms with van der Waals surface area (Å²) in [5, 5.41) is 0. The molecule has 2 aromatic heterocycles. The molecule has 0 spiro atoms. The molecular formula is C23H31N5O. The van der Waals surface area contributed by atoms with Crippen LogP contribution >= 0.6 is 0 Å². The van der Waals surface area contributed by atoms with Crippen LogP contribution in [0.1, 0.15) is 49.3 Å². The van der Waals surface area contributed by atoms with Crippen molar-refractivity contribution >= 4 is 16.9 Å². The molecular weight excluding hydrogens is 362 g/mol. The predicted octanol–water partition coefficient (Wildman–Crippen LogP) is 3.95. The van der Waals surface area contributed by atoms with E-state index in [1.165, 1.54) is 37.1 Å². The van der Waals surface area contributed by atoms with Gasteiger partial charge in [0.05, 0.1) is 6.61 Å². The van der Waals surface area contributed by atoms with Crippen LogP contribution in [0.15, 0.2) is 30.5 Å². The molecule has 4 rings (SSSR count). The molecule has 3 N–H and O–H groups in total. The highest BCUT2D eigenvalue weighted by Gasteiger charge is 2.14. The molecule has 0 radical (unpaired) electrons. The van der Waals surface area contributed by atoms with Crippen LogP contribution in [-0.4, -0.2) is 46.1 Å². The fraction of sp³-hybridized carbons (Fsp3) is 0.478. The van der Waals surface area contributed by atoms with E-state index in [-0.39, 0.29) is 0 Å². The third kappa shape index (κ3) is 4.88. The van der Waals surface area contributed by atoms with E-state index < -0.39 is 0 Å². The second kappa shape index (κ2) is 9.27. The summed E-state index contributed by atoms with van der Waals surface area (Å²) < 4.78 is 5.69. The summed E-state index contributed by atoms with van der Waals surface area (Å²) in [4.78, 5) is 14.7. The van der Waals surface area contributed by atoms with Gasteiger partial charge in [-0.25, -0.2) is 0 Å². The molecule has 0 atom stereocenters. The van der Waals surface area contributed by atoms with Crippen molar-refractivity contribution in [3.63, 3.8) is 0 Å². The van der Waals surface area contributed by atoms with Gasteiger partial charge in [-0.15, -0.1) is 0 Å². The van der Waals surface area contributed by atoms with Crippen LogP contribution in [-0.2, 0) is 12.8 Å². The van der Waals surface area contributed by atoms with Gasteiger partial charge in [-0.05, 0) is 49.9 Å². The molecule has 3 heterocycles. The highest BCUT2D eigenvalue weighted by Crippen LogP contribution is 2.25. The number of hydrogen-bond donors (Lipinski definition) is 2. The Morgan fingerprint density at radius 3 is 2.83 bits per heavy atom. The SMILES string of the molecule is CCCCOc1nc(N)c2[nH]cc(Cc3cccc(CCN4CCCC4)c3)c2n1. The number of hydrogen-bond acceptors (Lipinski definition) is 5. The second-order valence-corrected chi connectivity index (χ2v) is 7.93. The Labute approximate surface area is 172 Å². The first-order valence-electron chi connectivity index (χ1n) is 10.8. The van der Waals surface area contributed by atoms with Gasteiger partial charge in [0.15, 0.2) is 5.82 Å². The Morgan fingerprint density at radius 2 is 2.00 bits per heavy atom. The number of anilines is 1. The van der Waals surface area contributed by atoms with E-state index in [4.69, 9.17) is 10.5 Å². The number of nitrogens with one attached hydrogen (secondary N) is 1. The molecule has 1 aliphatic rings. The van der Waals surface area contributed by atoms with Crippen molar-refractivity contribution in [1.82, 2.24) is 19.9 Å². The van der Waals surface area contributed by atoms with Crippen LogP contribution in [0, 0.1) is 0 Å². The second-order valence-electron chi connectivity index (χ2n) is 7.93. The minimum Gasteiger partial charge on any atom is -0.463 e. The minimum absolute atomic E-state index is 0.365. The largest absolute Gasteiger partial charge is 0.463 e. The lowest BCUT2D eigenvalue weighted by Crippen LogP contribution is -2.21. The van der Waals surface area contributed by atoms with Crippen LogP contribution in [0.3, 0.4) is 0 Å². The zero-order valence-electron chi connectivity index (χ0n) is 17.3. The standard InChI is InChI=1S/C23H31N5O/c1-2-3-13-29-23-26-20-19(16-25-21(20)22(24)27-23)15-18-8-6-7-17(14-18)9-12-28-10-4-5-11-28/h6-8,14,16,25H,2-5,9-13,15H2,1H3,(H2,24,26,27). The monoisotopic (exact) mass is 393 g/mol. The molecule has 0 aliphatic carbocycles. The Morgan fingerprint density at radius 1 is 1.17 bits per heavy atom. The molecule has 1 fully saturated rings. The maximum Gasteiger partial charge on any atom is 0.319 e. The average molecular weight is 394 g/mol. The molecule has 6 nitrogen and oxygen atoms in total.